The molecule has 89 valence electrons. The van der Waals surface area contributed by atoms with Crippen LogP contribution in [0.4, 0.5) is 0 Å². The lowest BCUT2D eigenvalue weighted by atomic mass is 10.0. The molecule has 3 heteroatoms. The number of phenols is 1. The zero-order chi connectivity index (χ0) is 11.7. The first kappa shape index (κ1) is 10.7. The molecule has 1 aliphatic heterocycles. The van der Waals surface area contributed by atoms with Gasteiger partial charge in [0.05, 0.1) is 5.52 Å². The van der Waals surface area contributed by atoms with E-state index >= 15 is 0 Å². The van der Waals surface area contributed by atoms with E-state index in [9.17, 15) is 5.11 Å². The molecule has 0 aliphatic carbocycles. The van der Waals surface area contributed by atoms with Crippen molar-refractivity contribution in [1.82, 2.24) is 4.57 Å². The number of hydrogen-bond donors (Lipinski definition) is 1. The molecule has 1 aliphatic rings. The average Bonchev–Trinajstić information content (AvgIpc) is 2.73. The fraction of sp³-hybridized carbons (Fsp3) is 0.429. The Balaban J connectivity index is 1.86. The molecule has 0 unspecified atom stereocenters. The van der Waals surface area contributed by atoms with Crippen molar-refractivity contribution in [3.63, 3.8) is 0 Å². The molecule has 0 bridgehead atoms. The maximum Gasteiger partial charge on any atom is 0.117 e. The molecule has 1 saturated heterocycles. The first-order valence-corrected chi connectivity index (χ1v) is 6.10. The summed E-state index contributed by atoms with van der Waals surface area (Å²) in [6.45, 7) is 2.74. The molecule has 0 saturated carbocycles. The molecular weight excluding hydrogens is 214 g/mol. The Morgan fingerprint density at radius 3 is 3.00 bits per heavy atom. The summed E-state index contributed by atoms with van der Waals surface area (Å²) in [6, 6.07) is 8.65. The van der Waals surface area contributed by atoms with E-state index in [0.717, 1.165) is 43.5 Å². The summed E-state index contributed by atoms with van der Waals surface area (Å²) < 4.78 is 7.55. The van der Waals surface area contributed by atoms with Gasteiger partial charge in [0.1, 0.15) is 5.75 Å². The van der Waals surface area contributed by atoms with E-state index in [2.05, 4.69) is 10.6 Å². The van der Waals surface area contributed by atoms with Gasteiger partial charge in [0.25, 0.3) is 0 Å². The van der Waals surface area contributed by atoms with Crippen LogP contribution >= 0.6 is 0 Å². The lowest BCUT2D eigenvalue weighted by Crippen LogP contribution is -2.19. The fourth-order valence-corrected chi connectivity index (χ4v) is 2.45. The normalized spacial score (nSPS) is 17.6. The molecule has 1 N–H and O–H groups in total. The van der Waals surface area contributed by atoms with E-state index < -0.39 is 0 Å². The summed E-state index contributed by atoms with van der Waals surface area (Å²) in [4.78, 5) is 0. The third-order valence-corrected chi connectivity index (χ3v) is 3.46. The maximum absolute atomic E-state index is 9.53. The molecule has 1 fully saturated rings. The predicted octanol–water partition coefficient (Wildman–Crippen LogP) is 2.57. The van der Waals surface area contributed by atoms with E-state index in [1.165, 1.54) is 0 Å². The van der Waals surface area contributed by atoms with Crippen molar-refractivity contribution in [3.8, 4) is 5.75 Å². The number of aromatic hydroxyl groups is 1. The van der Waals surface area contributed by atoms with Crippen molar-refractivity contribution in [2.75, 3.05) is 13.2 Å². The van der Waals surface area contributed by atoms with Crippen molar-refractivity contribution < 1.29 is 9.84 Å². The molecule has 0 spiro atoms. The Bertz CT molecular complexity index is 512. The minimum Gasteiger partial charge on any atom is -0.508 e. The number of ether oxygens (including phenoxy) is 1. The Morgan fingerprint density at radius 1 is 1.35 bits per heavy atom. The summed E-state index contributed by atoms with van der Waals surface area (Å²) in [6.07, 6.45) is 4.23. The van der Waals surface area contributed by atoms with Gasteiger partial charge >= 0.3 is 0 Å². The van der Waals surface area contributed by atoms with Gasteiger partial charge in [-0.2, -0.15) is 0 Å². The summed E-state index contributed by atoms with van der Waals surface area (Å²) in [5.74, 6) is 0.993. The van der Waals surface area contributed by atoms with Gasteiger partial charge in [-0.15, -0.1) is 0 Å². The van der Waals surface area contributed by atoms with Gasteiger partial charge in [0, 0.05) is 43.5 Å². The van der Waals surface area contributed by atoms with Crippen LogP contribution in [0.5, 0.6) is 5.75 Å². The van der Waals surface area contributed by atoms with Crippen LogP contribution in [-0.4, -0.2) is 22.9 Å². The van der Waals surface area contributed by atoms with Crippen molar-refractivity contribution >= 4 is 10.9 Å². The summed E-state index contributed by atoms with van der Waals surface area (Å²) in [5.41, 5.74) is 1.07. The van der Waals surface area contributed by atoms with E-state index in [1.54, 1.807) is 6.07 Å². The highest BCUT2D eigenvalue weighted by molar-refractivity contribution is 5.80. The molecule has 3 nitrogen and oxygen atoms in total. The van der Waals surface area contributed by atoms with Crippen molar-refractivity contribution in [2.45, 2.75) is 19.4 Å². The zero-order valence-electron chi connectivity index (χ0n) is 9.72. The largest absolute Gasteiger partial charge is 0.508 e. The number of phenolic OH excluding ortho intramolecular Hbond substituents is 1. The second-order valence-electron chi connectivity index (χ2n) is 4.68. The second kappa shape index (κ2) is 4.41. The highest BCUT2D eigenvalue weighted by Gasteiger charge is 2.15. The monoisotopic (exact) mass is 230 g/mol. The Kier molecular flexibility index (Phi) is 2.77. The molecule has 1 radical (unpaired) electrons. The summed E-state index contributed by atoms with van der Waals surface area (Å²) in [7, 11) is 0. The number of nitrogens with zero attached hydrogens (tertiary/aromatic N) is 1. The molecule has 17 heavy (non-hydrogen) atoms. The van der Waals surface area contributed by atoms with Crippen LogP contribution in [0.2, 0.25) is 0 Å². The van der Waals surface area contributed by atoms with Crippen LogP contribution in [-0.2, 0) is 11.3 Å². The van der Waals surface area contributed by atoms with Crippen LogP contribution in [0.25, 0.3) is 10.9 Å². The smallest absolute Gasteiger partial charge is 0.117 e. The number of hydrogen-bond acceptors (Lipinski definition) is 2. The predicted molar refractivity (Wildman–Crippen MR) is 66.0 cm³/mol. The SMILES string of the molecule is Oc1ccc2[c]cn(CC3CCOCC3)c2c1. The number of fused-ring (bicyclic) bond motifs is 1. The van der Waals surface area contributed by atoms with Crippen LogP contribution in [0.15, 0.2) is 24.4 Å². The van der Waals surface area contributed by atoms with Gasteiger partial charge in [-0.05, 0) is 30.9 Å². The van der Waals surface area contributed by atoms with Gasteiger partial charge in [-0.3, -0.25) is 0 Å². The highest BCUT2D eigenvalue weighted by Crippen LogP contribution is 2.24. The number of benzene rings is 1. The summed E-state index contributed by atoms with van der Waals surface area (Å²) in [5, 5.41) is 10.6. The van der Waals surface area contributed by atoms with Gasteiger partial charge in [-0.1, -0.05) is 0 Å². The lowest BCUT2D eigenvalue weighted by molar-refractivity contribution is 0.0616. The zero-order valence-corrected chi connectivity index (χ0v) is 9.72. The third-order valence-electron chi connectivity index (χ3n) is 3.46. The Hall–Kier alpha value is -1.48. The van der Waals surface area contributed by atoms with Crippen LogP contribution in [0.1, 0.15) is 12.8 Å². The minimum atomic E-state index is 0.317. The molecule has 1 aromatic carbocycles. The van der Waals surface area contributed by atoms with Gasteiger partial charge < -0.3 is 14.4 Å². The Labute approximate surface area is 101 Å². The quantitative estimate of drug-likeness (QED) is 0.860. The lowest BCUT2D eigenvalue weighted by Gasteiger charge is -2.22. The van der Waals surface area contributed by atoms with Gasteiger partial charge in [0.2, 0.25) is 0 Å². The molecule has 1 aromatic heterocycles. The molecule has 0 atom stereocenters. The standard InChI is InChI=1S/C14H16NO2/c16-13-2-1-12-3-6-15(14(12)9-13)10-11-4-7-17-8-5-11/h1-2,6,9,11,16H,4-5,7-8,10H2. The first-order chi connectivity index (χ1) is 8.33. The molecular formula is C14H16NO2. The molecule has 2 heterocycles. The van der Waals surface area contributed by atoms with Crippen molar-refractivity contribution in [2.24, 2.45) is 5.92 Å². The van der Waals surface area contributed by atoms with Crippen molar-refractivity contribution in [1.29, 1.82) is 0 Å². The maximum atomic E-state index is 9.53. The number of rotatable bonds is 2. The van der Waals surface area contributed by atoms with Crippen LogP contribution in [0.3, 0.4) is 0 Å². The third kappa shape index (κ3) is 2.15. The highest BCUT2D eigenvalue weighted by atomic mass is 16.5. The van der Waals surface area contributed by atoms with E-state index in [-0.39, 0.29) is 0 Å². The molecule has 2 aromatic rings. The van der Waals surface area contributed by atoms with Gasteiger partial charge in [-0.25, -0.2) is 0 Å². The molecule has 0 amide bonds. The topological polar surface area (TPSA) is 34.4 Å². The first-order valence-electron chi connectivity index (χ1n) is 6.10. The second-order valence-corrected chi connectivity index (χ2v) is 4.68. The van der Waals surface area contributed by atoms with Gasteiger partial charge in [0.15, 0.2) is 0 Å². The van der Waals surface area contributed by atoms with E-state index in [4.69, 9.17) is 4.74 Å². The van der Waals surface area contributed by atoms with Crippen LogP contribution in [0, 0.1) is 12.0 Å². The summed E-state index contributed by atoms with van der Waals surface area (Å²) >= 11 is 0. The van der Waals surface area contributed by atoms with E-state index in [0.29, 0.717) is 11.7 Å². The molecule has 3 rings (SSSR count). The Morgan fingerprint density at radius 2 is 2.18 bits per heavy atom. The number of aromatic nitrogens is 1. The van der Waals surface area contributed by atoms with Crippen LogP contribution < -0.4 is 0 Å². The minimum absolute atomic E-state index is 0.317. The van der Waals surface area contributed by atoms with Crippen molar-refractivity contribution in [3.05, 3.63) is 30.5 Å². The average molecular weight is 230 g/mol. The fourth-order valence-electron chi connectivity index (χ4n) is 2.45. The van der Waals surface area contributed by atoms with E-state index in [1.807, 2.05) is 18.3 Å².